The highest BCUT2D eigenvalue weighted by atomic mass is 127. The van der Waals surface area contributed by atoms with Crippen LogP contribution in [0, 0.1) is 10.5 Å². The molecule has 0 saturated heterocycles. The Kier molecular flexibility index (Phi) is 5.69. The Bertz CT molecular complexity index is 600. The van der Waals surface area contributed by atoms with Gasteiger partial charge in [0.25, 0.3) is 0 Å². The van der Waals surface area contributed by atoms with Crippen molar-refractivity contribution in [2.75, 3.05) is 0 Å². The van der Waals surface area contributed by atoms with E-state index in [9.17, 15) is 0 Å². The highest BCUT2D eigenvalue weighted by Gasteiger charge is 2.13. The van der Waals surface area contributed by atoms with E-state index in [1.165, 1.54) is 10.5 Å². The maximum atomic E-state index is 6.20. The van der Waals surface area contributed by atoms with Gasteiger partial charge in [-0.05, 0) is 47.6 Å². The van der Waals surface area contributed by atoms with Gasteiger partial charge in [0.05, 0.1) is 15.0 Å². The average Bonchev–Trinajstić information content (AvgIpc) is 2.41. The molecule has 0 spiro atoms. The number of thioether (sulfide) groups is 1. The number of benzene rings is 1. The van der Waals surface area contributed by atoms with Crippen molar-refractivity contribution in [3.63, 3.8) is 0 Å². The van der Waals surface area contributed by atoms with Gasteiger partial charge in [0, 0.05) is 4.90 Å². The zero-order valence-corrected chi connectivity index (χ0v) is 15.4. The lowest BCUT2D eigenvalue weighted by atomic mass is 10.1. The van der Waals surface area contributed by atoms with Gasteiger partial charge in [-0.1, -0.05) is 43.1 Å². The van der Waals surface area contributed by atoms with E-state index >= 15 is 0 Å². The van der Waals surface area contributed by atoms with Crippen molar-refractivity contribution < 1.29 is 0 Å². The van der Waals surface area contributed by atoms with Crippen LogP contribution in [0.5, 0.6) is 0 Å². The van der Waals surface area contributed by atoms with Crippen LogP contribution in [0.25, 0.3) is 0 Å². The fourth-order valence-corrected chi connectivity index (χ4v) is 3.52. The SMILES string of the molecule is Cc1ccc(SCc2nc(Cl)c(I)c(C(C)C)n2)cc1. The first-order valence-corrected chi connectivity index (χ1v) is 8.83. The summed E-state index contributed by atoms with van der Waals surface area (Å²) in [5.74, 6) is 1.88. The van der Waals surface area contributed by atoms with Crippen LogP contribution in [0.15, 0.2) is 29.2 Å². The van der Waals surface area contributed by atoms with E-state index in [0.29, 0.717) is 11.1 Å². The van der Waals surface area contributed by atoms with Gasteiger partial charge in [-0.3, -0.25) is 0 Å². The molecule has 0 bridgehead atoms. The summed E-state index contributed by atoms with van der Waals surface area (Å²) in [7, 11) is 0. The lowest BCUT2D eigenvalue weighted by Crippen LogP contribution is -2.04. The molecule has 2 aromatic rings. The fourth-order valence-electron chi connectivity index (χ4n) is 1.71. The fraction of sp³-hybridized carbons (Fsp3) is 0.333. The van der Waals surface area contributed by atoms with Crippen molar-refractivity contribution in [1.82, 2.24) is 9.97 Å². The Morgan fingerprint density at radius 1 is 1.20 bits per heavy atom. The first kappa shape index (κ1) is 16.0. The maximum Gasteiger partial charge on any atom is 0.146 e. The minimum Gasteiger partial charge on any atom is -0.236 e. The molecule has 1 heterocycles. The average molecular weight is 419 g/mol. The zero-order valence-electron chi connectivity index (χ0n) is 11.7. The van der Waals surface area contributed by atoms with Crippen LogP contribution in [-0.2, 0) is 5.75 Å². The second-order valence-electron chi connectivity index (χ2n) is 4.89. The van der Waals surface area contributed by atoms with Gasteiger partial charge in [-0.15, -0.1) is 11.8 Å². The van der Waals surface area contributed by atoms with Crippen molar-refractivity contribution in [2.45, 2.75) is 37.3 Å². The van der Waals surface area contributed by atoms with E-state index in [-0.39, 0.29) is 0 Å². The Morgan fingerprint density at radius 2 is 1.85 bits per heavy atom. The van der Waals surface area contributed by atoms with E-state index in [4.69, 9.17) is 11.6 Å². The quantitative estimate of drug-likeness (QED) is 0.375. The third kappa shape index (κ3) is 4.09. The number of hydrogen-bond donors (Lipinski definition) is 0. The van der Waals surface area contributed by atoms with Crippen LogP contribution in [0.4, 0.5) is 0 Å². The normalized spacial score (nSPS) is 11.1. The largest absolute Gasteiger partial charge is 0.236 e. The van der Waals surface area contributed by atoms with Gasteiger partial charge >= 0.3 is 0 Å². The van der Waals surface area contributed by atoms with Gasteiger partial charge < -0.3 is 0 Å². The predicted molar refractivity (Wildman–Crippen MR) is 94.6 cm³/mol. The van der Waals surface area contributed by atoms with Gasteiger partial charge in [-0.2, -0.15) is 0 Å². The molecule has 0 unspecified atom stereocenters. The summed E-state index contributed by atoms with van der Waals surface area (Å²) >= 11 is 10.1. The Balaban J connectivity index is 2.15. The predicted octanol–water partition coefficient (Wildman–Crippen LogP) is 5.46. The van der Waals surface area contributed by atoms with E-state index in [1.807, 2.05) is 0 Å². The molecule has 106 valence electrons. The minimum absolute atomic E-state index is 0.352. The van der Waals surface area contributed by atoms with Crippen LogP contribution >= 0.6 is 46.0 Å². The summed E-state index contributed by atoms with van der Waals surface area (Å²) < 4.78 is 0.961. The molecular weight excluding hydrogens is 403 g/mol. The van der Waals surface area contributed by atoms with Crippen LogP contribution in [0.1, 0.15) is 36.8 Å². The van der Waals surface area contributed by atoms with E-state index in [2.05, 4.69) is 77.6 Å². The standard InChI is InChI=1S/C15H16ClIN2S/c1-9(2)14-13(17)15(16)19-12(18-14)8-20-11-6-4-10(3)5-7-11/h4-7,9H,8H2,1-3H3. The molecule has 1 aromatic heterocycles. The molecule has 0 fully saturated rings. The van der Waals surface area contributed by atoms with E-state index in [1.54, 1.807) is 11.8 Å². The number of hydrogen-bond acceptors (Lipinski definition) is 3. The van der Waals surface area contributed by atoms with Gasteiger partial charge in [0.1, 0.15) is 11.0 Å². The van der Waals surface area contributed by atoms with Gasteiger partial charge in [-0.25, -0.2) is 9.97 Å². The molecule has 0 aliphatic carbocycles. The number of aryl methyl sites for hydroxylation is 1. The monoisotopic (exact) mass is 418 g/mol. The second-order valence-corrected chi connectivity index (χ2v) is 7.37. The highest BCUT2D eigenvalue weighted by Crippen LogP contribution is 2.27. The number of halogens is 2. The molecule has 0 atom stereocenters. The van der Waals surface area contributed by atoms with Crippen molar-refractivity contribution in [2.24, 2.45) is 0 Å². The lowest BCUT2D eigenvalue weighted by molar-refractivity contribution is 0.790. The molecule has 2 rings (SSSR count). The maximum absolute atomic E-state index is 6.20. The van der Waals surface area contributed by atoms with Crippen LogP contribution < -0.4 is 0 Å². The lowest BCUT2D eigenvalue weighted by Gasteiger charge is -2.10. The Hall–Kier alpha value is -0.330. The van der Waals surface area contributed by atoms with E-state index < -0.39 is 0 Å². The molecule has 0 aliphatic rings. The number of nitrogens with zero attached hydrogens (tertiary/aromatic N) is 2. The summed E-state index contributed by atoms with van der Waals surface area (Å²) in [6.07, 6.45) is 0. The number of rotatable bonds is 4. The van der Waals surface area contributed by atoms with Crippen LogP contribution in [-0.4, -0.2) is 9.97 Å². The molecule has 0 N–H and O–H groups in total. The molecule has 1 aromatic carbocycles. The first-order valence-electron chi connectivity index (χ1n) is 6.38. The van der Waals surface area contributed by atoms with Crippen molar-refractivity contribution in [3.05, 3.63) is 50.1 Å². The number of aromatic nitrogens is 2. The summed E-state index contributed by atoms with van der Waals surface area (Å²) in [6, 6.07) is 8.47. The molecule has 0 aliphatic heterocycles. The Labute approximate surface area is 142 Å². The second kappa shape index (κ2) is 7.09. The molecule has 2 nitrogen and oxygen atoms in total. The summed E-state index contributed by atoms with van der Waals surface area (Å²) in [6.45, 7) is 6.33. The zero-order chi connectivity index (χ0) is 14.7. The first-order chi connectivity index (χ1) is 9.47. The third-order valence-corrected chi connectivity index (χ3v) is 5.48. The third-order valence-electron chi connectivity index (χ3n) is 2.82. The molecule has 0 saturated carbocycles. The van der Waals surface area contributed by atoms with Crippen LogP contribution in [0.2, 0.25) is 5.15 Å². The molecule has 5 heteroatoms. The molecular formula is C15H16ClIN2S. The minimum atomic E-state index is 0.352. The molecule has 0 amide bonds. The van der Waals surface area contributed by atoms with Crippen LogP contribution in [0.3, 0.4) is 0 Å². The van der Waals surface area contributed by atoms with E-state index in [0.717, 1.165) is 20.8 Å². The van der Waals surface area contributed by atoms with Crippen molar-refractivity contribution >= 4 is 46.0 Å². The summed E-state index contributed by atoms with van der Waals surface area (Å²) in [5, 5.41) is 0.559. The molecule has 20 heavy (non-hydrogen) atoms. The smallest absolute Gasteiger partial charge is 0.146 e. The summed E-state index contributed by atoms with van der Waals surface area (Å²) in [4.78, 5) is 10.2. The summed E-state index contributed by atoms with van der Waals surface area (Å²) in [5.41, 5.74) is 2.30. The van der Waals surface area contributed by atoms with Gasteiger partial charge in [0.2, 0.25) is 0 Å². The Morgan fingerprint density at radius 3 is 2.45 bits per heavy atom. The highest BCUT2D eigenvalue weighted by molar-refractivity contribution is 14.1. The van der Waals surface area contributed by atoms with Gasteiger partial charge in [0.15, 0.2) is 0 Å². The molecule has 0 radical (unpaired) electrons. The van der Waals surface area contributed by atoms with Crippen molar-refractivity contribution in [1.29, 1.82) is 0 Å². The van der Waals surface area contributed by atoms with Crippen molar-refractivity contribution in [3.8, 4) is 0 Å². The topological polar surface area (TPSA) is 25.8 Å².